The Hall–Kier alpha value is -0.650. The van der Waals surface area contributed by atoms with Crippen LogP contribution in [0.25, 0.3) is 0 Å². The molecule has 0 aromatic heterocycles. The summed E-state index contributed by atoms with van der Waals surface area (Å²) < 4.78 is 0. The Morgan fingerprint density at radius 1 is 1.21 bits per heavy atom. The number of nitrogens with one attached hydrogen (secondary N) is 1. The van der Waals surface area contributed by atoms with Gasteiger partial charge >= 0.3 is 0 Å². The predicted molar refractivity (Wildman–Crippen MR) is 77.2 cm³/mol. The topological polar surface area (TPSA) is 38.8 Å². The van der Waals surface area contributed by atoms with Gasteiger partial charge in [-0.15, -0.1) is 0 Å². The Morgan fingerprint density at radius 3 is 2.53 bits per heavy atom. The molecule has 0 bridgehead atoms. The van der Waals surface area contributed by atoms with Crippen LogP contribution in [-0.4, -0.2) is 86.6 Å². The molecule has 1 N–H and O–H groups in total. The molecule has 0 unspecified atom stereocenters. The summed E-state index contributed by atoms with van der Waals surface area (Å²) in [6.45, 7) is 7.03. The SMILES string of the molecule is CN(C)CCN1CCN(C(=O)[C@H]2CCCCN2)CC1. The third-order valence-corrected chi connectivity index (χ3v) is 4.16. The second kappa shape index (κ2) is 7.22. The van der Waals surface area contributed by atoms with E-state index in [9.17, 15) is 4.79 Å². The maximum atomic E-state index is 12.4. The number of amides is 1. The normalized spacial score (nSPS) is 25.8. The quantitative estimate of drug-likeness (QED) is 0.769. The van der Waals surface area contributed by atoms with E-state index in [0.717, 1.165) is 52.2 Å². The van der Waals surface area contributed by atoms with Gasteiger partial charge in [-0.05, 0) is 33.5 Å². The van der Waals surface area contributed by atoms with Crippen molar-refractivity contribution in [3.63, 3.8) is 0 Å². The lowest BCUT2D eigenvalue weighted by Gasteiger charge is -2.37. The van der Waals surface area contributed by atoms with E-state index >= 15 is 0 Å². The number of likely N-dealkylation sites (N-methyl/N-ethyl adjacent to an activating group) is 1. The Bertz CT molecular complexity index is 281. The largest absolute Gasteiger partial charge is 0.339 e. The summed E-state index contributed by atoms with van der Waals surface area (Å²) in [4.78, 5) is 19.1. The number of hydrogen-bond acceptors (Lipinski definition) is 4. The molecule has 2 rings (SSSR count). The maximum absolute atomic E-state index is 12.4. The summed E-state index contributed by atoms with van der Waals surface area (Å²) in [6.07, 6.45) is 3.41. The Kier molecular flexibility index (Phi) is 5.60. The van der Waals surface area contributed by atoms with E-state index in [-0.39, 0.29) is 6.04 Å². The molecule has 2 aliphatic heterocycles. The first-order valence-corrected chi connectivity index (χ1v) is 7.56. The number of nitrogens with zero attached hydrogens (tertiary/aromatic N) is 3. The van der Waals surface area contributed by atoms with E-state index in [0.29, 0.717) is 5.91 Å². The fourth-order valence-corrected chi connectivity index (χ4v) is 2.82. The monoisotopic (exact) mass is 268 g/mol. The van der Waals surface area contributed by atoms with Crippen molar-refractivity contribution in [1.29, 1.82) is 0 Å². The number of piperazine rings is 1. The lowest BCUT2D eigenvalue weighted by molar-refractivity contribution is -0.135. The Labute approximate surface area is 116 Å². The van der Waals surface area contributed by atoms with Gasteiger partial charge in [0.05, 0.1) is 6.04 Å². The minimum Gasteiger partial charge on any atom is -0.339 e. The molecule has 1 atom stereocenters. The standard InChI is InChI=1S/C14H28N4O/c1-16(2)7-8-17-9-11-18(12-10-17)14(19)13-5-3-4-6-15-13/h13,15H,3-12H2,1-2H3/t13-/m1/s1. The predicted octanol–water partition coefficient (Wildman–Crippen LogP) is -0.166. The van der Waals surface area contributed by atoms with Crippen molar-refractivity contribution in [2.45, 2.75) is 25.3 Å². The van der Waals surface area contributed by atoms with Crippen molar-refractivity contribution < 1.29 is 4.79 Å². The van der Waals surface area contributed by atoms with Gasteiger partial charge in [0.2, 0.25) is 5.91 Å². The van der Waals surface area contributed by atoms with E-state index in [1.807, 2.05) is 0 Å². The first-order chi connectivity index (χ1) is 9.16. The maximum Gasteiger partial charge on any atom is 0.239 e. The molecule has 0 aromatic rings. The Morgan fingerprint density at radius 2 is 1.95 bits per heavy atom. The number of carbonyl (C=O) groups excluding carboxylic acids is 1. The van der Waals surface area contributed by atoms with Gasteiger partial charge in [-0.1, -0.05) is 6.42 Å². The van der Waals surface area contributed by atoms with E-state index in [1.54, 1.807) is 0 Å². The van der Waals surface area contributed by atoms with Crippen LogP contribution in [0.3, 0.4) is 0 Å². The van der Waals surface area contributed by atoms with Gasteiger partial charge < -0.3 is 15.1 Å². The molecule has 0 aliphatic carbocycles. The summed E-state index contributed by atoms with van der Waals surface area (Å²) in [6, 6.07) is 0.0853. The lowest BCUT2D eigenvalue weighted by atomic mass is 10.0. The van der Waals surface area contributed by atoms with Gasteiger partial charge in [0.1, 0.15) is 0 Å². The third-order valence-electron chi connectivity index (χ3n) is 4.16. The van der Waals surface area contributed by atoms with Crippen molar-refractivity contribution in [3.05, 3.63) is 0 Å². The molecule has 0 saturated carbocycles. The second-order valence-electron chi connectivity index (χ2n) is 5.97. The van der Waals surface area contributed by atoms with Gasteiger partial charge in [0.25, 0.3) is 0 Å². The fraction of sp³-hybridized carbons (Fsp3) is 0.929. The van der Waals surface area contributed by atoms with E-state index in [1.165, 1.54) is 12.8 Å². The van der Waals surface area contributed by atoms with Crippen LogP contribution in [0.15, 0.2) is 0 Å². The molecule has 5 heteroatoms. The van der Waals surface area contributed by atoms with Crippen LogP contribution in [0.4, 0.5) is 0 Å². The molecule has 0 aromatic carbocycles. The zero-order chi connectivity index (χ0) is 13.7. The van der Waals surface area contributed by atoms with Gasteiger partial charge in [-0.25, -0.2) is 0 Å². The first-order valence-electron chi connectivity index (χ1n) is 7.56. The molecule has 5 nitrogen and oxygen atoms in total. The summed E-state index contributed by atoms with van der Waals surface area (Å²) in [5.41, 5.74) is 0. The molecular weight excluding hydrogens is 240 g/mol. The molecule has 0 spiro atoms. The highest BCUT2D eigenvalue weighted by atomic mass is 16.2. The lowest BCUT2D eigenvalue weighted by Crippen LogP contribution is -2.55. The minimum absolute atomic E-state index is 0.0853. The minimum atomic E-state index is 0.0853. The molecule has 110 valence electrons. The zero-order valence-corrected chi connectivity index (χ0v) is 12.4. The smallest absolute Gasteiger partial charge is 0.239 e. The van der Waals surface area contributed by atoms with Crippen LogP contribution in [0.2, 0.25) is 0 Å². The van der Waals surface area contributed by atoms with Crippen molar-refractivity contribution in [3.8, 4) is 0 Å². The van der Waals surface area contributed by atoms with Crippen molar-refractivity contribution in [1.82, 2.24) is 20.0 Å². The van der Waals surface area contributed by atoms with Crippen molar-refractivity contribution in [2.75, 3.05) is 59.9 Å². The number of rotatable bonds is 4. The third kappa shape index (κ3) is 4.44. The highest BCUT2D eigenvalue weighted by Gasteiger charge is 2.27. The highest BCUT2D eigenvalue weighted by molar-refractivity contribution is 5.82. The molecule has 0 radical (unpaired) electrons. The molecule has 2 saturated heterocycles. The molecule has 1 amide bonds. The highest BCUT2D eigenvalue weighted by Crippen LogP contribution is 2.11. The zero-order valence-electron chi connectivity index (χ0n) is 12.4. The molecular formula is C14H28N4O. The average molecular weight is 268 g/mol. The van der Waals surface area contributed by atoms with E-state index in [4.69, 9.17) is 0 Å². The summed E-state index contributed by atoms with van der Waals surface area (Å²) >= 11 is 0. The van der Waals surface area contributed by atoms with Gasteiger partial charge in [0, 0.05) is 39.3 Å². The molecule has 19 heavy (non-hydrogen) atoms. The number of hydrogen-bond donors (Lipinski definition) is 1. The summed E-state index contributed by atoms with van der Waals surface area (Å²) in [5, 5.41) is 3.36. The molecule has 2 aliphatic rings. The summed E-state index contributed by atoms with van der Waals surface area (Å²) in [7, 11) is 4.21. The Balaban J connectivity index is 1.71. The van der Waals surface area contributed by atoms with Crippen LogP contribution >= 0.6 is 0 Å². The van der Waals surface area contributed by atoms with Crippen LogP contribution in [-0.2, 0) is 4.79 Å². The van der Waals surface area contributed by atoms with E-state index in [2.05, 4.69) is 34.1 Å². The van der Waals surface area contributed by atoms with E-state index < -0.39 is 0 Å². The molecule has 2 heterocycles. The number of piperidine rings is 1. The van der Waals surface area contributed by atoms with Crippen LogP contribution in [0.5, 0.6) is 0 Å². The number of carbonyl (C=O) groups is 1. The summed E-state index contributed by atoms with van der Waals surface area (Å²) in [5.74, 6) is 0.326. The van der Waals surface area contributed by atoms with Crippen molar-refractivity contribution in [2.24, 2.45) is 0 Å². The van der Waals surface area contributed by atoms with Gasteiger partial charge in [0.15, 0.2) is 0 Å². The fourth-order valence-electron chi connectivity index (χ4n) is 2.82. The van der Waals surface area contributed by atoms with Crippen LogP contribution in [0, 0.1) is 0 Å². The van der Waals surface area contributed by atoms with Gasteiger partial charge in [-0.2, -0.15) is 0 Å². The average Bonchev–Trinajstić information content (AvgIpc) is 2.46. The first kappa shape index (κ1) is 14.8. The second-order valence-corrected chi connectivity index (χ2v) is 5.97. The van der Waals surface area contributed by atoms with Gasteiger partial charge in [-0.3, -0.25) is 9.69 Å². The van der Waals surface area contributed by atoms with Crippen molar-refractivity contribution >= 4 is 5.91 Å². The van der Waals surface area contributed by atoms with Crippen LogP contribution < -0.4 is 5.32 Å². The van der Waals surface area contributed by atoms with Crippen LogP contribution in [0.1, 0.15) is 19.3 Å². The molecule has 2 fully saturated rings.